The Morgan fingerprint density at radius 1 is 1.37 bits per heavy atom. The summed E-state index contributed by atoms with van der Waals surface area (Å²) >= 11 is 0. The second kappa shape index (κ2) is 8.15. The number of carbonyl (C=O) groups excluding carboxylic acids is 2. The molecule has 0 radical (unpaired) electrons. The maximum Gasteiger partial charge on any atom is 0.319 e. The molecule has 1 saturated heterocycles. The van der Waals surface area contributed by atoms with Gasteiger partial charge in [-0.3, -0.25) is 14.2 Å². The quantitative estimate of drug-likeness (QED) is 0.800. The zero-order chi connectivity index (χ0) is 19.4. The Morgan fingerprint density at radius 3 is 2.78 bits per heavy atom. The second-order valence-corrected chi connectivity index (χ2v) is 6.17. The topological polar surface area (TPSA) is 76.5 Å². The van der Waals surface area contributed by atoms with Crippen LogP contribution < -0.4 is 15.0 Å². The average molecular weight is 378 g/mol. The third kappa shape index (κ3) is 4.24. The summed E-state index contributed by atoms with van der Waals surface area (Å²) in [7, 11) is 1.56. The SMILES string of the molecule is COc1ccc(N2CC(C(=O)NCCc3nccn3C(F)F)CC2=O)cc1. The number of anilines is 1. The Kier molecular flexibility index (Phi) is 5.68. The number of rotatable bonds is 7. The number of amides is 2. The van der Waals surface area contributed by atoms with E-state index in [0.717, 1.165) is 4.57 Å². The molecule has 1 unspecified atom stereocenters. The summed E-state index contributed by atoms with van der Waals surface area (Å²) in [6.07, 6.45) is 2.80. The number of methoxy groups -OCH3 is 1. The maximum atomic E-state index is 12.8. The largest absolute Gasteiger partial charge is 0.497 e. The molecule has 2 heterocycles. The Bertz CT molecular complexity index is 807. The van der Waals surface area contributed by atoms with Gasteiger partial charge in [-0.15, -0.1) is 0 Å². The molecular formula is C18H20F2N4O3. The van der Waals surface area contributed by atoms with Crippen molar-refractivity contribution in [1.82, 2.24) is 14.9 Å². The third-order valence-corrected chi connectivity index (χ3v) is 4.49. The van der Waals surface area contributed by atoms with Gasteiger partial charge in [0.1, 0.15) is 11.6 Å². The minimum absolute atomic E-state index is 0.115. The fourth-order valence-corrected chi connectivity index (χ4v) is 3.05. The zero-order valence-electron chi connectivity index (χ0n) is 14.8. The van der Waals surface area contributed by atoms with Gasteiger partial charge >= 0.3 is 6.55 Å². The van der Waals surface area contributed by atoms with Crippen molar-refractivity contribution in [2.75, 3.05) is 25.1 Å². The molecule has 0 aliphatic carbocycles. The molecule has 7 nitrogen and oxygen atoms in total. The summed E-state index contributed by atoms with van der Waals surface area (Å²) in [6, 6.07) is 7.03. The number of nitrogens with one attached hydrogen (secondary N) is 1. The van der Waals surface area contributed by atoms with E-state index < -0.39 is 12.5 Å². The van der Waals surface area contributed by atoms with Crippen LogP contribution in [0.4, 0.5) is 14.5 Å². The molecule has 1 atom stereocenters. The van der Waals surface area contributed by atoms with Crippen molar-refractivity contribution in [3.8, 4) is 5.75 Å². The smallest absolute Gasteiger partial charge is 0.319 e. The molecule has 9 heteroatoms. The summed E-state index contributed by atoms with van der Waals surface area (Å²) in [4.78, 5) is 30.0. The standard InChI is InChI=1S/C18H20F2N4O3/c1-27-14-4-2-13(3-5-14)24-11-12(10-16(24)25)17(26)22-7-6-15-21-8-9-23(15)18(19)20/h2-5,8-9,12,18H,6-7,10-11H2,1H3,(H,22,26). The van der Waals surface area contributed by atoms with E-state index in [2.05, 4.69) is 10.3 Å². The van der Waals surface area contributed by atoms with E-state index in [1.165, 1.54) is 12.4 Å². The molecule has 0 saturated carbocycles. The van der Waals surface area contributed by atoms with Crippen LogP contribution in [-0.2, 0) is 16.0 Å². The van der Waals surface area contributed by atoms with Crippen molar-refractivity contribution in [2.24, 2.45) is 5.92 Å². The van der Waals surface area contributed by atoms with Gasteiger partial charge in [-0.25, -0.2) is 4.98 Å². The highest BCUT2D eigenvalue weighted by atomic mass is 19.3. The van der Waals surface area contributed by atoms with Gasteiger partial charge in [-0.1, -0.05) is 0 Å². The van der Waals surface area contributed by atoms with Crippen LogP contribution in [0.5, 0.6) is 5.75 Å². The lowest BCUT2D eigenvalue weighted by molar-refractivity contribution is -0.126. The van der Waals surface area contributed by atoms with Crippen LogP contribution in [0.25, 0.3) is 0 Å². The second-order valence-electron chi connectivity index (χ2n) is 6.17. The van der Waals surface area contributed by atoms with E-state index in [4.69, 9.17) is 4.74 Å². The van der Waals surface area contributed by atoms with Crippen LogP contribution in [0.3, 0.4) is 0 Å². The number of nitrogens with zero attached hydrogens (tertiary/aromatic N) is 3. The Labute approximate surface area is 154 Å². The van der Waals surface area contributed by atoms with E-state index in [9.17, 15) is 18.4 Å². The lowest BCUT2D eigenvalue weighted by atomic mass is 10.1. The van der Waals surface area contributed by atoms with Gasteiger partial charge in [-0.2, -0.15) is 8.78 Å². The van der Waals surface area contributed by atoms with Crippen LogP contribution in [0.15, 0.2) is 36.7 Å². The normalized spacial score (nSPS) is 16.8. The average Bonchev–Trinajstić information content (AvgIpc) is 3.28. The minimum atomic E-state index is -2.66. The lowest BCUT2D eigenvalue weighted by Crippen LogP contribution is -2.34. The van der Waals surface area contributed by atoms with Gasteiger partial charge in [-0.05, 0) is 24.3 Å². The summed E-state index contributed by atoms with van der Waals surface area (Å²) < 4.78 is 31.4. The number of alkyl halides is 2. The minimum Gasteiger partial charge on any atom is -0.497 e. The molecule has 1 aromatic heterocycles. The highest BCUT2D eigenvalue weighted by Crippen LogP contribution is 2.26. The number of imidazole rings is 1. The van der Waals surface area contributed by atoms with Crippen LogP contribution in [-0.4, -0.2) is 41.6 Å². The Morgan fingerprint density at radius 2 is 2.11 bits per heavy atom. The van der Waals surface area contributed by atoms with Crippen molar-refractivity contribution in [2.45, 2.75) is 19.4 Å². The molecule has 3 rings (SSSR count). The number of hydrogen-bond acceptors (Lipinski definition) is 4. The first-order valence-corrected chi connectivity index (χ1v) is 8.51. The van der Waals surface area contributed by atoms with Crippen molar-refractivity contribution in [3.63, 3.8) is 0 Å². The molecule has 2 aromatic rings. The monoisotopic (exact) mass is 378 g/mol. The van der Waals surface area contributed by atoms with Crippen LogP contribution in [0.1, 0.15) is 18.8 Å². The van der Waals surface area contributed by atoms with Gasteiger partial charge in [0, 0.05) is 44.0 Å². The van der Waals surface area contributed by atoms with Gasteiger partial charge in [0.2, 0.25) is 11.8 Å². The van der Waals surface area contributed by atoms with Crippen LogP contribution in [0, 0.1) is 5.92 Å². The van der Waals surface area contributed by atoms with E-state index >= 15 is 0 Å². The lowest BCUT2D eigenvalue weighted by Gasteiger charge is -2.17. The van der Waals surface area contributed by atoms with Crippen molar-refractivity contribution in [3.05, 3.63) is 42.5 Å². The summed E-state index contributed by atoms with van der Waals surface area (Å²) in [5.41, 5.74) is 0.704. The number of benzene rings is 1. The van der Waals surface area contributed by atoms with Gasteiger partial charge < -0.3 is 15.0 Å². The first-order valence-electron chi connectivity index (χ1n) is 8.51. The summed E-state index contributed by atoms with van der Waals surface area (Å²) in [5, 5.41) is 2.70. The molecule has 1 fully saturated rings. The van der Waals surface area contributed by atoms with E-state index in [0.29, 0.717) is 11.4 Å². The predicted octanol–water partition coefficient (Wildman–Crippen LogP) is 2.00. The summed E-state index contributed by atoms with van der Waals surface area (Å²) in [6.45, 7) is -2.21. The number of carbonyl (C=O) groups is 2. The fraction of sp³-hybridized carbons (Fsp3) is 0.389. The Balaban J connectivity index is 1.53. The number of ether oxygens (including phenoxy) is 1. The van der Waals surface area contributed by atoms with Crippen LogP contribution in [0.2, 0.25) is 0 Å². The van der Waals surface area contributed by atoms with Gasteiger partial charge in [0.05, 0.1) is 13.0 Å². The van der Waals surface area contributed by atoms with Gasteiger partial charge in [0.25, 0.3) is 0 Å². The molecule has 0 bridgehead atoms. The van der Waals surface area contributed by atoms with Crippen LogP contribution >= 0.6 is 0 Å². The van der Waals surface area contributed by atoms with E-state index in [1.807, 2.05) is 0 Å². The number of hydrogen-bond donors (Lipinski definition) is 1. The molecule has 1 N–H and O–H groups in total. The molecule has 0 spiro atoms. The van der Waals surface area contributed by atoms with E-state index in [1.54, 1.807) is 36.3 Å². The molecule has 144 valence electrons. The first kappa shape index (κ1) is 18.8. The molecule has 1 aromatic carbocycles. The molecule has 27 heavy (non-hydrogen) atoms. The fourth-order valence-electron chi connectivity index (χ4n) is 3.05. The highest BCUT2D eigenvalue weighted by molar-refractivity contribution is 6.00. The Hall–Kier alpha value is -2.97. The maximum absolute atomic E-state index is 12.8. The van der Waals surface area contributed by atoms with E-state index in [-0.39, 0.29) is 43.6 Å². The first-order chi connectivity index (χ1) is 13.0. The third-order valence-electron chi connectivity index (χ3n) is 4.49. The summed E-state index contributed by atoms with van der Waals surface area (Å²) in [5.74, 6) is 0.00650. The molecular weight excluding hydrogens is 358 g/mol. The van der Waals surface area contributed by atoms with Crippen molar-refractivity contribution < 1.29 is 23.1 Å². The van der Waals surface area contributed by atoms with Crippen molar-refractivity contribution >= 4 is 17.5 Å². The molecule has 2 amide bonds. The molecule has 1 aliphatic heterocycles. The van der Waals surface area contributed by atoms with Crippen molar-refractivity contribution in [1.29, 1.82) is 0 Å². The van der Waals surface area contributed by atoms with Gasteiger partial charge in [0.15, 0.2) is 0 Å². The predicted molar refractivity (Wildman–Crippen MR) is 93.6 cm³/mol. The number of halogens is 2. The highest BCUT2D eigenvalue weighted by Gasteiger charge is 2.35. The molecule has 1 aliphatic rings. The number of aromatic nitrogens is 2. The zero-order valence-corrected chi connectivity index (χ0v) is 14.8.